The molecule has 1 N–H and O–H groups in total. The summed E-state index contributed by atoms with van der Waals surface area (Å²) in [5, 5.41) is 2.89. The van der Waals surface area contributed by atoms with Gasteiger partial charge in [0.2, 0.25) is 28.6 Å². The number of anilines is 1. The Labute approximate surface area is 214 Å². The first-order valence-corrected chi connectivity index (χ1v) is 13.6. The summed E-state index contributed by atoms with van der Waals surface area (Å²) in [6.45, 7) is 6.86. The summed E-state index contributed by atoms with van der Waals surface area (Å²) in [6.07, 6.45) is 1.03. The van der Waals surface area contributed by atoms with Gasteiger partial charge in [-0.05, 0) is 57.5 Å². The van der Waals surface area contributed by atoms with E-state index < -0.39 is 34.1 Å². The predicted molar refractivity (Wildman–Crippen MR) is 137 cm³/mol. The van der Waals surface area contributed by atoms with E-state index in [1.54, 1.807) is 19.1 Å². The zero-order chi connectivity index (χ0) is 26.0. The summed E-state index contributed by atoms with van der Waals surface area (Å²) in [4.78, 5) is 27.9. The molecule has 190 valence electrons. The van der Waals surface area contributed by atoms with E-state index in [9.17, 15) is 18.0 Å². The van der Waals surface area contributed by atoms with Crippen LogP contribution in [0.15, 0.2) is 46.9 Å². The highest BCUT2D eigenvalue weighted by molar-refractivity contribution is 9.10. The van der Waals surface area contributed by atoms with E-state index in [1.165, 1.54) is 11.0 Å². The summed E-state index contributed by atoms with van der Waals surface area (Å²) in [7, 11) is -3.83. The number of fused-ring (bicyclic) bond motifs is 1. The molecule has 0 spiro atoms. The Kier molecular flexibility index (Phi) is 8.00. The monoisotopic (exact) mass is 567 g/mol. The molecule has 0 aromatic heterocycles. The van der Waals surface area contributed by atoms with Gasteiger partial charge in [0.25, 0.3) is 0 Å². The largest absolute Gasteiger partial charge is 0.454 e. The van der Waals surface area contributed by atoms with Crippen LogP contribution >= 0.6 is 15.9 Å². The van der Waals surface area contributed by atoms with Crippen molar-refractivity contribution in [3.63, 3.8) is 0 Å². The second-order valence-electron chi connectivity index (χ2n) is 9.37. The summed E-state index contributed by atoms with van der Waals surface area (Å²) < 4.78 is 37.9. The lowest BCUT2D eigenvalue weighted by atomic mass is 10.1. The summed E-state index contributed by atoms with van der Waals surface area (Å²) in [5.74, 6) is 0.0376. The highest BCUT2D eigenvalue weighted by Crippen LogP contribution is 2.36. The van der Waals surface area contributed by atoms with Crippen LogP contribution in [0.3, 0.4) is 0 Å². The number of ether oxygens (including phenoxy) is 2. The summed E-state index contributed by atoms with van der Waals surface area (Å²) >= 11 is 3.39. The lowest BCUT2D eigenvalue weighted by Crippen LogP contribution is -2.54. The summed E-state index contributed by atoms with van der Waals surface area (Å²) in [5.41, 5.74) is 0.564. The van der Waals surface area contributed by atoms with Gasteiger partial charge in [-0.15, -0.1) is 0 Å². The number of halogens is 1. The molecule has 0 aliphatic carbocycles. The zero-order valence-corrected chi connectivity index (χ0v) is 22.8. The van der Waals surface area contributed by atoms with E-state index in [1.807, 2.05) is 45.0 Å². The molecule has 1 atom stereocenters. The van der Waals surface area contributed by atoms with E-state index in [4.69, 9.17) is 9.47 Å². The average molecular weight is 568 g/mol. The fourth-order valence-electron chi connectivity index (χ4n) is 3.50. The van der Waals surface area contributed by atoms with Crippen LogP contribution in [0.1, 0.15) is 33.3 Å². The molecular weight excluding hydrogens is 538 g/mol. The quantitative estimate of drug-likeness (QED) is 0.524. The molecule has 1 aliphatic rings. The van der Waals surface area contributed by atoms with Crippen LogP contribution in [0.2, 0.25) is 0 Å². The third-order valence-electron chi connectivity index (χ3n) is 5.26. The fraction of sp³-hybridized carbons (Fsp3) is 0.417. The van der Waals surface area contributed by atoms with Crippen molar-refractivity contribution < 1.29 is 27.5 Å². The first-order chi connectivity index (χ1) is 16.2. The van der Waals surface area contributed by atoms with Gasteiger partial charge in [-0.2, -0.15) is 0 Å². The maximum absolute atomic E-state index is 13.6. The lowest BCUT2D eigenvalue weighted by Gasteiger charge is -2.33. The number of hydrogen-bond donors (Lipinski definition) is 1. The van der Waals surface area contributed by atoms with E-state index in [2.05, 4.69) is 21.2 Å². The number of amides is 2. The van der Waals surface area contributed by atoms with Crippen LogP contribution < -0.4 is 19.1 Å². The molecule has 9 nitrogen and oxygen atoms in total. The van der Waals surface area contributed by atoms with Crippen molar-refractivity contribution in [2.24, 2.45) is 0 Å². The van der Waals surface area contributed by atoms with Gasteiger partial charge in [-0.3, -0.25) is 13.9 Å². The number of rotatable bonds is 8. The van der Waals surface area contributed by atoms with Gasteiger partial charge in [-0.1, -0.05) is 28.1 Å². The van der Waals surface area contributed by atoms with Crippen molar-refractivity contribution in [2.45, 2.75) is 45.8 Å². The third-order valence-corrected chi connectivity index (χ3v) is 6.92. The molecule has 0 radical (unpaired) electrons. The molecule has 11 heteroatoms. The average Bonchev–Trinajstić information content (AvgIpc) is 3.22. The predicted octanol–water partition coefficient (Wildman–Crippen LogP) is 3.28. The molecule has 2 amide bonds. The number of carbonyl (C=O) groups excluding carboxylic acids is 2. The number of nitrogens with zero attached hydrogens (tertiary/aromatic N) is 2. The number of benzene rings is 2. The highest BCUT2D eigenvalue weighted by atomic mass is 79.9. The number of nitrogens with one attached hydrogen (secondary N) is 1. The van der Waals surface area contributed by atoms with Crippen LogP contribution in [0.5, 0.6) is 11.5 Å². The Bertz CT molecular complexity index is 1190. The van der Waals surface area contributed by atoms with Crippen molar-refractivity contribution in [2.75, 3.05) is 23.9 Å². The van der Waals surface area contributed by atoms with Gasteiger partial charge >= 0.3 is 0 Å². The number of carbonyl (C=O) groups is 2. The second-order valence-corrected chi connectivity index (χ2v) is 12.2. The normalized spacial score (nSPS) is 13.8. The minimum absolute atomic E-state index is 0.0396. The van der Waals surface area contributed by atoms with E-state index >= 15 is 0 Å². The molecule has 2 aromatic carbocycles. The second kappa shape index (κ2) is 10.4. The Balaban J connectivity index is 1.91. The molecule has 0 saturated heterocycles. The van der Waals surface area contributed by atoms with Crippen molar-refractivity contribution in [3.05, 3.63) is 52.5 Å². The first kappa shape index (κ1) is 26.8. The van der Waals surface area contributed by atoms with E-state index in [-0.39, 0.29) is 24.9 Å². The zero-order valence-electron chi connectivity index (χ0n) is 20.4. The van der Waals surface area contributed by atoms with Crippen LogP contribution in [0.4, 0.5) is 5.69 Å². The minimum atomic E-state index is -3.83. The SMILES string of the molecule is C[C@H](C(=O)NC(C)(C)C)N(Cc1ccc(Br)cc1)C(=O)CN(c1ccc2c(c1)OCO2)S(C)(=O)=O. The lowest BCUT2D eigenvalue weighted by molar-refractivity contribution is -0.140. The van der Waals surface area contributed by atoms with Crippen molar-refractivity contribution in [3.8, 4) is 11.5 Å². The van der Waals surface area contributed by atoms with Gasteiger partial charge in [0.1, 0.15) is 12.6 Å². The molecule has 0 fully saturated rings. The van der Waals surface area contributed by atoms with E-state index in [0.717, 1.165) is 20.6 Å². The van der Waals surface area contributed by atoms with Crippen molar-refractivity contribution in [1.82, 2.24) is 10.2 Å². The Morgan fingerprint density at radius 3 is 2.31 bits per heavy atom. The molecule has 35 heavy (non-hydrogen) atoms. The molecule has 1 heterocycles. The maximum atomic E-state index is 13.6. The standard InChI is InChI=1S/C24H30BrN3O6S/c1-16(23(30)26-24(2,3)4)27(13-17-6-8-18(25)9-7-17)22(29)14-28(35(5,31)32)19-10-11-20-21(12-19)34-15-33-20/h6-12,16H,13-15H2,1-5H3,(H,26,30)/t16-/m1/s1. The van der Waals surface area contributed by atoms with Gasteiger partial charge in [0, 0.05) is 22.6 Å². The first-order valence-electron chi connectivity index (χ1n) is 11.0. The Hall–Kier alpha value is -2.79. The smallest absolute Gasteiger partial charge is 0.244 e. The maximum Gasteiger partial charge on any atom is 0.244 e. The number of hydrogen-bond acceptors (Lipinski definition) is 6. The molecule has 1 aliphatic heterocycles. The van der Waals surface area contributed by atoms with Gasteiger partial charge < -0.3 is 19.7 Å². The van der Waals surface area contributed by atoms with Gasteiger partial charge in [0.05, 0.1) is 11.9 Å². The third kappa shape index (κ3) is 7.11. The Morgan fingerprint density at radius 2 is 1.71 bits per heavy atom. The van der Waals surface area contributed by atoms with Crippen LogP contribution in [-0.2, 0) is 26.2 Å². The Morgan fingerprint density at radius 1 is 1.09 bits per heavy atom. The van der Waals surface area contributed by atoms with Gasteiger partial charge in [-0.25, -0.2) is 8.42 Å². The molecular formula is C24H30BrN3O6S. The van der Waals surface area contributed by atoms with E-state index in [0.29, 0.717) is 11.5 Å². The molecule has 0 unspecified atom stereocenters. The fourth-order valence-corrected chi connectivity index (χ4v) is 4.60. The summed E-state index contributed by atoms with van der Waals surface area (Å²) in [6, 6.07) is 11.2. The van der Waals surface area contributed by atoms with Crippen molar-refractivity contribution in [1.29, 1.82) is 0 Å². The minimum Gasteiger partial charge on any atom is -0.454 e. The van der Waals surface area contributed by atoms with Crippen LogP contribution in [0, 0.1) is 0 Å². The van der Waals surface area contributed by atoms with Crippen LogP contribution in [-0.4, -0.2) is 56.3 Å². The van der Waals surface area contributed by atoms with Crippen LogP contribution in [0.25, 0.3) is 0 Å². The molecule has 0 saturated carbocycles. The topological polar surface area (TPSA) is 105 Å². The number of sulfonamides is 1. The molecule has 2 aromatic rings. The van der Waals surface area contributed by atoms with Gasteiger partial charge in [0.15, 0.2) is 11.5 Å². The molecule has 3 rings (SSSR count). The highest BCUT2D eigenvalue weighted by Gasteiger charge is 2.32. The molecule has 0 bridgehead atoms. The van der Waals surface area contributed by atoms with Crippen molar-refractivity contribution >= 4 is 43.5 Å².